The second-order valence-electron chi connectivity index (χ2n) is 22.3. The highest BCUT2D eigenvalue weighted by atomic mass is 19.4. The van der Waals surface area contributed by atoms with Crippen molar-refractivity contribution in [2.45, 2.75) is 103 Å². The molecule has 3 N–H and O–H groups in total. The van der Waals surface area contributed by atoms with Crippen molar-refractivity contribution in [2.75, 3.05) is 83.3 Å². The molecule has 89 heavy (non-hydrogen) atoms. The zero-order valence-corrected chi connectivity index (χ0v) is 49.1. The molecule has 3 aromatic carbocycles. The van der Waals surface area contributed by atoms with Gasteiger partial charge in [-0.05, 0) is 90.8 Å². The van der Waals surface area contributed by atoms with Crippen LogP contribution in [0.15, 0.2) is 103 Å². The molecule has 4 fully saturated rings. The number of carbonyl (C=O) groups is 2. The Morgan fingerprint density at radius 1 is 0.640 bits per heavy atom. The molecule has 3 amide bonds. The van der Waals surface area contributed by atoms with Crippen molar-refractivity contribution in [3.05, 3.63) is 126 Å². The van der Waals surface area contributed by atoms with E-state index in [1.165, 1.54) is 35.5 Å². The van der Waals surface area contributed by atoms with Crippen LogP contribution in [0.5, 0.6) is 17.5 Å². The molecule has 4 bridgehead atoms. The second kappa shape index (κ2) is 25.2. The van der Waals surface area contributed by atoms with E-state index in [1.54, 1.807) is 49.4 Å². The lowest BCUT2D eigenvalue weighted by Gasteiger charge is -2.36. The first-order valence-electron chi connectivity index (χ1n) is 28.5. The number of fused-ring (bicyclic) bond motifs is 8. The van der Waals surface area contributed by atoms with Gasteiger partial charge in [-0.2, -0.15) is 36.3 Å². The fraction of sp³-hybridized carbons (Fsp3) is 0.400. The van der Waals surface area contributed by atoms with Crippen LogP contribution in [-0.4, -0.2) is 140 Å². The first-order valence-corrected chi connectivity index (χ1v) is 28.5. The summed E-state index contributed by atoms with van der Waals surface area (Å²) in [6.45, 7) is 15.5. The molecule has 0 unspecified atom stereocenters. The number of para-hydroxylation sites is 1. The van der Waals surface area contributed by atoms with E-state index in [9.17, 15) is 35.9 Å². The minimum atomic E-state index is -4.51. The number of aromatic nitrogens is 8. The summed E-state index contributed by atoms with van der Waals surface area (Å²) in [6, 6.07) is 21.5. The highest BCUT2D eigenvalue weighted by Crippen LogP contribution is 2.43. The van der Waals surface area contributed by atoms with Gasteiger partial charge in [0.1, 0.15) is 42.5 Å². The number of urea groups is 1. The lowest BCUT2D eigenvalue weighted by atomic mass is 10.1. The molecule has 0 aliphatic carbocycles. The van der Waals surface area contributed by atoms with Gasteiger partial charge in [-0.1, -0.05) is 42.5 Å². The standard InChI is InChI=1S/C27H28F3N7O4.C17H19N3O5.C16H15F3N4/c1-15-21-23(34-22(32-15)16-5-4-6-17(11-16)27(28,29)30)37(18-8-10-36(21)12-18)25(38)35-24-31-9-7-20(33-24)39-13-19-14-40-26(2,3)41-19;1-17(2)23-11-13(25-17)10-22-14-8-9-18-15(19-14)20-16(21)24-12-6-4-3-5-7-12;1-9-13-15(21-12-5-6-23(13)8-12)22-14(20-9)10-3-2-4-11(7-10)16(17,18)19/h4-7,9,11,18-19H,8,10,12-14H2,1-3H3,(H,31,33,35,38);3-9,13H,10-11H2,1-2H3,(H,18,19,20,21);2-4,7,12H,5-6,8H2,1H3,(H,20,21,22)/t18-,19+;13-;12-/m010/s1. The molecule has 6 aliphatic heterocycles. The fourth-order valence-electron chi connectivity index (χ4n) is 10.8. The zero-order valence-electron chi connectivity index (χ0n) is 49.1. The van der Waals surface area contributed by atoms with Gasteiger partial charge < -0.3 is 48.3 Å². The third-order valence-electron chi connectivity index (χ3n) is 14.7. The van der Waals surface area contributed by atoms with Crippen LogP contribution in [0, 0.1) is 13.8 Å². The van der Waals surface area contributed by atoms with Gasteiger partial charge in [0, 0.05) is 67.9 Å². The van der Waals surface area contributed by atoms with Crippen molar-refractivity contribution in [1.29, 1.82) is 0 Å². The Morgan fingerprint density at radius 3 is 1.74 bits per heavy atom. The number of hydrogen-bond donors (Lipinski definition) is 3. The second-order valence-corrected chi connectivity index (χ2v) is 22.3. The summed E-state index contributed by atoms with van der Waals surface area (Å²) in [5.41, 5.74) is 2.07. The molecule has 0 radical (unpaired) electrons. The summed E-state index contributed by atoms with van der Waals surface area (Å²) in [7, 11) is 0. The molecular formula is C60H62F6N14O9. The lowest BCUT2D eigenvalue weighted by Crippen LogP contribution is -2.48. The van der Waals surface area contributed by atoms with E-state index in [2.05, 4.69) is 65.6 Å². The van der Waals surface area contributed by atoms with Gasteiger partial charge in [-0.3, -0.25) is 15.5 Å². The van der Waals surface area contributed by atoms with Gasteiger partial charge in [-0.15, -0.1) is 0 Å². The molecule has 468 valence electrons. The van der Waals surface area contributed by atoms with Gasteiger partial charge in [0.05, 0.1) is 41.8 Å². The summed E-state index contributed by atoms with van der Waals surface area (Å²) in [4.78, 5) is 65.9. The zero-order chi connectivity index (χ0) is 62.8. The molecule has 10 heterocycles. The van der Waals surface area contributed by atoms with Gasteiger partial charge in [0.25, 0.3) is 0 Å². The topological polar surface area (TPSA) is 248 Å². The Bertz CT molecular complexity index is 3720. The maximum absolute atomic E-state index is 13.6. The van der Waals surface area contributed by atoms with E-state index in [0.717, 1.165) is 61.0 Å². The summed E-state index contributed by atoms with van der Waals surface area (Å²) in [5, 5.41) is 8.55. The number of aryl methyl sites for hydroxylation is 2. The highest BCUT2D eigenvalue weighted by molar-refractivity contribution is 6.04. The van der Waals surface area contributed by atoms with Crippen LogP contribution in [-0.2, 0) is 31.3 Å². The number of hydrogen-bond acceptors (Lipinski definition) is 20. The molecule has 29 heteroatoms. The molecule has 13 rings (SSSR count). The monoisotopic (exact) mass is 1240 g/mol. The SMILES string of the molecule is CC1(C)OC[C@@H](COc2ccnc(NC(=O)Oc3ccccc3)n2)O1.Cc1nc(-c2cccc(C(F)(F)F)c2)nc2c1N1CC[C@@H](C1)N2.Cc1nc(-c2cccc(C(F)(F)F)c2)nc2c1N1CC[C@@H](C1)N2C(=O)Nc1nccc(OC[C@@H]2COC(C)(C)O2)n1. The van der Waals surface area contributed by atoms with Crippen LogP contribution in [0.3, 0.4) is 0 Å². The van der Waals surface area contributed by atoms with Gasteiger partial charge in [0.2, 0.25) is 23.7 Å². The average Bonchev–Trinajstić information content (AvgIpc) is 1.84. The van der Waals surface area contributed by atoms with Crippen molar-refractivity contribution in [1.82, 2.24) is 39.9 Å². The van der Waals surface area contributed by atoms with Crippen LogP contribution >= 0.6 is 0 Å². The van der Waals surface area contributed by atoms with Crippen LogP contribution in [0.1, 0.15) is 63.1 Å². The number of nitrogens with one attached hydrogen (secondary N) is 3. The molecule has 23 nitrogen and oxygen atoms in total. The predicted molar refractivity (Wildman–Crippen MR) is 312 cm³/mol. The van der Waals surface area contributed by atoms with Crippen molar-refractivity contribution in [3.63, 3.8) is 0 Å². The Labute approximate surface area is 506 Å². The van der Waals surface area contributed by atoms with E-state index in [1.807, 2.05) is 40.7 Å². The fourth-order valence-corrected chi connectivity index (χ4v) is 10.8. The minimum absolute atomic E-state index is 0.0299. The Hall–Kier alpha value is -9.06. The smallest absolute Gasteiger partial charge is 0.419 e. The van der Waals surface area contributed by atoms with Crippen molar-refractivity contribution >= 4 is 47.0 Å². The first kappa shape index (κ1) is 61.6. The number of amides is 3. The van der Waals surface area contributed by atoms with Crippen LogP contribution in [0.4, 0.5) is 70.8 Å². The largest absolute Gasteiger partial charge is 0.475 e. The van der Waals surface area contributed by atoms with Crippen molar-refractivity contribution < 1.29 is 69.1 Å². The molecule has 4 atom stereocenters. The number of alkyl halides is 6. The predicted octanol–water partition coefficient (Wildman–Crippen LogP) is 10.5. The van der Waals surface area contributed by atoms with Gasteiger partial charge in [-0.25, -0.2) is 39.5 Å². The van der Waals surface area contributed by atoms with E-state index >= 15 is 0 Å². The molecular weight excluding hydrogens is 1170 g/mol. The first-order chi connectivity index (χ1) is 42.4. The number of rotatable bonds is 11. The van der Waals surface area contributed by atoms with E-state index in [4.69, 9.17) is 33.2 Å². The van der Waals surface area contributed by atoms with E-state index in [0.29, 0.717) is 79.0 Å². The highest BCUT2D eigenvalue weighted by Gasteiger charge is 2.43. The Kier molecular flexibility index (Phi) is 17.4. The van der Waals surface area contributed by atoms with Gasteiger partial charge in [0.15, 0.2) is 34.9 Å². The lowest BCUT2D eigenvalue weighted by molar-refractivity contribution is -0.142. The number of halogens is 6. The maximum atomic E-state index is 13.6. The van der Waals surface area contributed by atoms with Crippen LogP contribution < -0.4 is 44.9 Å². The van der Waals surface area contributed by atoms with Crippen LogP contribution in [0.2, 0.25) is 0 Å². The minimum Gasteiger partial charge on any atom is -0.475 e. The number of ether oxygens (including phenoxy) is 7. The molecule has 0 spiro atoms. The molecule has 7 aromatic rings. The number of carbonyl (C=O) groups excluding carboxylic acids is 2. The summed E-state index contributed by atoms with van der Waals surface area (Å²) in [6.07, 6.45) is -5.33. The number of benzene rings is 3. The number of anilines is 6. The summed E-state index contributed by atoms with van der Waals surface area (Å²) >= 11 is 0. The molecule has 0 saturated carbocycles. The van der Waals surface area contributed by atoms with E-state index in [-0.39, 0.29) is 60.6 Å². The average molecular weight is 1240 g/mol. The maximum Gasteiger partial charge on any atom is 0.419 e. The molecule has 6 aliphatic rings. The van der Waals surface area contributed by atoms with Crippen LogP contribution in [0.25, 0.3) is 22.8 Å². The normalized spacial score (nSPS) is 20.0. The van der Waals surface area contributed by atoms with Gasteiger partial charge >= 0.3 is 24.5 Å². The van der Waals surface area contributed by atoms with Crippen molar-refractivity contribution in [2.24, 2.45) is 0 Å². The molecule has 4 aromatic heterocycles. The van der Waals surface area contributed by atoms with Crippen molar-refractivity contribution in [3.8, 4) is 40.3 Å². The summed E-state index contributed by atoms with van der Waals surface area (Å²) < 4.78 is 118. The quantitative estimate of drug-likeness (QED) is 0.102. The third kappa shape index (κ3) is 14.9. The number of nitrogens with zero attached hydrogens (tertiary/aromatic N) is 11. The Morgan fingerprint density at radius 2 is 1.18 bits per heavy atom. The van der Waals surface area contributed by atoms with E-state index < -0.39 is 47.2 Å². The molecule has 4 saturated heterocycles. The Balaban J connectivity index is 0.000000146. The summed E-state index contributed by atoms with van der Waals surface area (Å²) in [5.74, 6) is 1.29. The third-order valence-corrected chi connectivity index (χ3v) is 14.7.